The Bertz CT molecular complexity index is 2740. The summed E-state index contributed by atoms with van der Waals surface area (Å²) in [5, 5.41) is 8.23. The third kappa shape index (κ3) is 5.82. The molecule has 0 saturated carbocycles. The van der Waals surface area contributed by atoms with Gasteiger partial charge in [-0.15, -0.1) is 90.7 Å². The molecule has 0 N–H and O–H groups in total. The molecule has 0 amide bonds. The first-order chi connectivity index (χ1) is 24.7. The molecule has 0 bridgehead atoms. The van der Waals surface area contributed by atoms with Crippen LogP contribution in [0, 0.1) is 23.7 Å². The van der Waals surface area contributed by atoms with Gasteiger partial charge >= 0.3 is 0 Å². The minimum atomic E-state index is 1.05. The zero-order valence-electron chi connectivity index (χ0n) is 25.8. The highest BCUT2D eigenvalue weighted by Gasteiger charge is 2.14. The Kier molecular flexibility index (Phi) is 7.94. The van der Waals surface area contributed by atoms with Crippen LogP contribution in [-0.4, -0.2) is 0 Å². The zero-order valence-corrected chi connectivity index (χ0v) is 32.3. The largest absolute Gasteiger partial charge is 0.143 e. The lowest BCUT2D eigenvalue weighted by Gasteiger charge is -1.96. The molecule has 0 atom stereocenters. The molecule has 236 valence electrons. The molecule has 50 heavy (non-hydrogen) atoms. The van der Waals surface area contributed by atoms with Gasteiger partial charge in [-0.1, -0.05) is 47.9 Å². The molecule has 8 aromatic heterocycles. The van der Waals surface area contributed by atoms with Crippen LogP contribution in [0.25, 0.3) is 68.6 Å². The van der Waals surface area contributed by atoms with Crippen LogP contribution >= 0.6 is 90.7 Å². The molecule has 0 unspecified atom stereocenters. The molecule has 0 nitrogen and oxygen atoms in total. The summed E-state index contributed by atoms with van der Waals surface area (Å²) in [6, 6.07) is 39.5. The average Bonchev–Trinajstić information content (AvgIpc) is 3.96. The smallest absolute Gasteiger partial charge is 0.0890 e. The van der Waals surface area contributed by atoms with Gasteiger partial charge in [0.1, 0.15) is 0 Å². The summed E-state index contributed by atoms with van der Waals surface area (Å²) in [5.41, 5.74) is 2.11. The lowest BCUT2D eigenvalue weighted by molar-refractivity contribution is 1.74. The van der Waals surface area contributed by atoms with Crippen LogP contribution in [0.15, 0.2) is 120 Å². The van der Waals surface area contributed by atoms with E-state index in [0.29, 0.717) is 0 Å². The Morgan fingerprint density at radius 1 is 0.360 bits per heavy atom. The van der Waals surface area contributed by atoms with Crippen molar-refractivity contribution in [2.24, 2.45) is 0 Å². The molecule has 0 spiro atoms. The van der Waals surface area contributed by atoms with E-state index in [1.165, 1.54) is 68.6 Å². The third-order valence-electron chi connectivity index (χ3n) is 8.21. The molecule has 10 aromatic rings. The van der Waals surface area contributed by atoms with Crippen molar-refractivity contribution < 1.29 is 0 Å². The second-order valence-electron chi connectivity index (χ2n) is 11.4. The zero-order chi connectivity index (χ0) is 33.0. The fourth-order valence-electron chi connectivity index (χ4n) is 5.86. The first kappa shape index (κ1) is 30.7. The van der Waals surface area contributed by atoms with E-state index in [2.05, 4.69) is 144 Å². The first-order valence-electron chi connectivity index (χ1n) is 15.6. The predicted molar refractivity (Wildman–Crippen MR) is 229 cm³/mol. The molecule has 0 radical (unpaired) electrons. The quantitative estimate of drug-likeness (QED) is 0.156. The van der Waals surface area contributed by atoms with Gasteiger partial charge in [-0.25, -0.2) is 0 Å². The summed E-state index contributed by atoms with van der Waals surface area (Å²) in [6.45, 7) is 0. The van der Waals surface area contributed by atoms with Gasteiger partial charge in [0.2, 0.25) is 0 Å². The molecule has 0 aliphatic rings. The van der Waals surface area contributed by atoms with Crippen molar-refractivity contribution >= 4 is 120 Å². The number of hydrogen-bond donors (Lipinski definition) is 0. The number of hydrogen-bond acceptors (Lipinski definition) is 8. The fourth-order valence-corrected chi connectivity index (χ4v) is 14.1. The molecule has 8 heteroatoms. The van der Waals surface area contributed by atoms with Gasteiger partial charge in [0.05, 0.1) is 13.8 Å². The maximum absolute atomic E-state index is 3.43. The van der Waals surface area contributed by atoms with Gasteiger partial charge in [-0.3, -0.25) is 0 Å². The highest BCUT2D eigenvalue weighted by atomic mass is 32.2. The standard InChI is InChI=1S/C42H20S8/c1-3-31(43-21-1)33-17-19-37(47-33)35-15-11-27(45-35)9-5-25-7-13-29-39(23-25)49-42-41(29)30-14-8-26(24-40(30)50-42)6-10-28-12-16-36(46-28)38-20-18-34(48-38)32-4-2-22-44-32/h1-4,7-8,11-24H. The Hall–Kier alpha value is -4.06. The molecular weight excluding hydrogens is 761 g/mol. The minimum Gasteiger partial charge on any atom is -0.143 e. The van der Waals surface area contributed by atoms with Crippen LogP contribution in [0.2, 0.25) is 0 Å². The molecule has 0 aliphatic heterocycles. The van der Waals surface area contributed by atoms with E-state index in [0.717, 1.165) is 20.9 Å². The second-order valence-corrected chi connectivity index (χ2v) is 20.0. The van der Waals surface area contributed by atoms with Crippen LogP contribution in [0.5, 0.6) is 0 Å². The van der Waals surface area contributed by atoms with Gasteiger partial charge in [-0.05, 0) is 95.7 Å². The van der Waals surface area contributed by atoms with Gasteiger partial charge in [0.25, 0.3) is 0 Å². The number of thiophene rings is 8. The maximum Gasteiger partial charge on any atom is 0.0890 e. The Morgan fingerprint density at radius 2 is 0.800 bits per heavy atom. The molecule has 0 saturated heterocycles. The van der Waals surface area contributed by atoms with Crippen molar-refractivity contribution in [3.05, 3.63) is 141 Å². The summed E-state index contributed by atoms with van der Waals surface area (Å²) in [6.07, 6.45) is 0. The summed E-state index contributed by atoms with van der Waals surface area (Å²) in [7, 11) is 0. The van der Waals surface area contributed by atoms with E-state index in [9.17, 15) is 0 Å². The van der Waals surface area contributed by atoms with Crippen molar-refractivity contribution in [3.63, 3.8) is 0 Å². The van der Waals surface area contributed by atoms with E-state index in [1.807, 2.05) is 45.3 Å². The lowest BCUT2D eigenvalue weighted by Crippen LogP contribution is -1.75. The highest BCUT2D eigenvalue weighted by molar-refractivity contribution is 7.44. The molecule has 8 heterocycles. The van der Waals surface area contributed by atoms with Crippen molar-refractivity contribution in [3.8, 4) is 62.7 Å². The maximum atomic E-state index is 3.43. The number of fused-ring (bicyclic) bond motifs is 5. The van der Waals surface area contributed by atoms with Crippen molar-refractivity contribution in [2.45, 2.75) is 0 Å². The van der Waals surface area contributed by atoms with E-state index in [4.69, 9.17) is 0 Å². The summed E-state index contributed by atoms with van der Waals surface area (Å²) in [5.74, 6) is 13.7. The van der Waals surface area contributed by atoms with Crippen molar-refractivity contribution in [1.82, 2.24) is 0 Å². The molecule has 0 aliphatic carbocycles. The Balaban J connectivity index is 0.872. The van der Waals surface area contributed by atoms with Crippen LogP contribution < -0.4 is 0 Å². The van der Waals surface area contributed by atoms with Crippen LogP contribution in [0.3, 0.4) is 0 Å². The lowest BCUT2D eigenvalue weighted by atomic mass is 10.1. The molecule has 10 rings (SSSR count). The highest BCUT2D eigenvalue weighted by Crippen LogP contribution is 2.45. The average molecular weight is 781 g/mol. The summed E-state index contributed by atoms with van der Waals surface area (Å²) >= 11 is 14.5. The van der Waals surface area contributed by atoms with Gasteiger partial charge < -0.3 is 0 Å². The van der Waals surface area contributed by atoms with E-state index >= 15 is 0 Å². The van der Waals surface area contributed by atoms with E-state index in [1.54, 1.807) is 45.3 Å². The minimum absolute atomic E-state index is 1.05. The normalized spacial score (nSPS) is 11.3. The predicted octanol–water partition coefficient (Wildman–Crippen LogP) is 15.1. The second kappa shape index (κ2) is 12.9. The molecular formula is C42H20S8. The van der Waals surface area contributed by atoms with Gasteiger partial charge in [0, 0.05) is 75.7 Å². The van der Waals surface area contributed by atoms with Crippen molar-refractivity contribution in [1.29, 1.82) is 0 Å². The molecule has 0 fully saturated rings. The number of benzene rings is 2. The topological polar surface area (TPSA) is 0 Å². The van der Waals surface area contributed by atoms with E-state index < -0.39 is 0 Å². The Labute approximate surface area is 320 Å². The van der Waals surface area contributed by atoms with Crippen LogP contribution in [-0.2, 0) is 0 Å². The van der Waals surface area contributed by atoms with Gasteiger partial charge in [0.15, 0.2) is 0 Å². The molecule has 2 aromatic carbocycles. The Morgan fingerprint density at radius 3 is 1.26 bits per heavy atom. The van der Waals surface area contributed by atoms with Crippen LogP contribution in [0.4, 0.5) is 0 Å². The SMILES string of the molecule is C(#Cc1ccc(-c2ccc(-c3cccs3)s2)s1)c1ccc2c(c1)sc1sc3cc(C#Cc4ccc(-c5ccc(-c6cccs6)s5)s4)ccc3c12. The monoisotopic (exact) mass is 780 g/mol. The van der Waals surface area contributed by atoms with Crippen LogP contribution in [0.1, 0.15) is 20.9 Å². The van der Waals surface area contributed by atoms with Gasteiger partial charge in [-0.2, -0.15) is 0 Å². The van der Waals surface area contributed by atoms with Crippen molar-refractivity contribution in [2.75, 3.05) is 0 Å². The summed E-state index contributed by atoms with van der Waals surface area (Å²) in [4.78, 5) is 12.6. The van der Waals surface area contributed by atoms with E-state index in [-0.39, 0.29) is 0 Å². The summed E-state index contributed by atoms with van der Waals surface area (Å²) < 4.78 is 3.93. The first-order valence-corrected chi connectivity index (χ1v) is 22.3. The number of rotatable bonds is 4. The third-order valence-corrected chi connectivity index (χ3v) is 17.3. The fraction of sp³-hybridized carbons (Fsp3) is 0.